The Morgan fingerprint density at radius 2 is 1.82 bits per heavy atom. The van der Waals surface area contributed by atoms with Gasteiger partial charge in [-0.2, -0.15) is 0 Å². The first-order valence-corrected chi connectivity index (χ1v) is 6.36. The molecule has 0 radical (unpaired) electrons. The number of carbonyl (C=O) groups excluding carboxylic acids is 2. The molecular formula is C12H14N2O2S. The first-order chi connectivity index (χ1) is 8.19. The fourth-order valence-corrected chi connectivity index (χ4v) is 2.61. The molecule has 90 valence electrons. The predicted octanol–water partition coefficient (Wildman–Crippen LogP) is 1.08. The van der Waals surface area contributed by atoms with E-state index >= 15 is 0 Å². The van der Waals surface area contributed by atoms with Crippen LogP contribution in [0.2, 0.25) is 0 Å². The SMILES string of the molecule is NCCc1ccc(CC2SC(=O)NC2=O)cc1. The molecule has 0 spiro atoms. The molecule has 0 saturated carbocycles. The summed E-state index contributed by atoms with van der Waals surface area (Å²) in [6.07, 6.45) is 1.45. The Morgan fingerprint density at radius 3 is 2.35 bits per heavy atom. The number of imide groups is 1. The van der Waals surface area contributed by atoms with Crippen LogP contribution in [0.15, 0.2) is 24.3 Å². The summed E-state index contributed by atoms with van der Waals surface area (Å²) in [6, 6.07) is 8.01. The van der Waals surface area contributed by atoms with Crippen molar-refractivity contribution in [3.05, 3.63) is 35.4 Å². The average Bonchev–Trinajstić information content (AvgIpc) is 2.61. The van der Waals surface area contributed by atoms with Crippen molar-refractivity contribution in [3.63, 3.8) is 0 Å². The maximum absolute atomic E-state index is 11.4. The summed E-state index contributed by atoms with van der Waals surface area (Å²) in [4.78, 5) is 22.4. The zero-order valence-corrected chi connectivity index (χ0v) is 10.1. The van der Waals surface area contributed by atoms with Gasteiger partial charge in [-0.15, -0.1) is 0 Å². The molecule has 0 aliphatic carbocycles. The molecule has 1 atom stereocenters. The zero-order valence-electron chi connectivity index (χ0n) is 9.31. The third-order valence-corrected chi connectivity index (χ3v) is 3.63. The van der Waals surface area contributed by atoms with E-state index in [2.05, 4.69) is 5.32 Å². The highest BCUT2D eigenvalue weighted by atomic mass is 32.2. The van der Waals surface area contributed by atoms with Gasteiger partial charge in [-0.05, 0) is 30.5 Å². The molecular weight excluding hydrogens is 236 g/mol. The lowest BCUT2D eigenvalue weighted by Gasteiger charge is -2.06. The van der Waals surface area contributed by atoms with E-state index < -0.39 is 0 Å². The van der Waals surface area contributed by atoms with Crippen LogP contribution in [0.3, 0.4) is 0 Å². The van der Waals surface area contributed by atoms with Crippen molar-refractivity contribution in [2.45, 2.75) is 18.1 Å². The molecule has 1 aromatic rings. The lowest BCUT2D eigenvalue weighted by Crippen LogP contribution is -2.25. The molecule has 1 fully saturated rings. The van der Waals surface area contributed by atoms with E-state index in [-0.39, 0.29) is 16.4 Å². The van der Waals surface area contributed by atoms with Gasteiger partial charge in [0.15, 0.2) is 0 Å². The minimum atomic E-state index is -0.289. The van der Waals surface area contributed by atoms with Crippen molar-refractivity contribution in [3.8, 4) is 0 Å². The molecule has 0 bridgehead atoms. The van der Waals surface area contributed by atoms with Crippen molar-refractivity contribution >= 4 is 22.9 Å². The highest BCUT2D eigenvalue weighted by Crippen LogP contribution is 2.22. The van der Waals surface area contributed by atoms with Gasteiger partial charge in [-0.25, -0.2) is 0 Å². The summed E-state index contributed by atoms with van der Waals surface area (Å²) < 4.78 is 0. The van der Waals surface area contributed by atoms with Gasteiger partial charge in [0.25, 0.3) is 5.24 Å². The number of hydrogen-bond acceptors (Lipinski definition) is 4. The van der Waals surface area contributed by atoms with Gasteiger partial charge in [0.1, 0.15) is 0 Å². The summed E-state index contributed by atoms with van der Waals surface area (Å²) in [5, 5.41) is 1.75. The summed E-state index contributed by atoms with van der Waals surface area (Å²) in [7, 11) is 0. The quantitative estimate of drug-likeness (QED) is 0.839. The molecule has 1 aliphatic rings. The molecule has 5 heteroatoms. The minimum Gasteiger partial charge on any atom is -0.330 e. The van der Waals surface area contributed by atoms with E-state index in [0.29, 0.717) is 13.0 Å². The third kappa shape index (κ3) is 3.08. The summed E-state index contributed by atoms with van der Waals surface area (Å²) >= 11 is 1.06. The van der Waals surface area contributed by atoms with Gasteiger partial charge in [0, 0.05) is 0 Å². The van der Waals surface area contributed by atoms with E-state index in [4.69, 9.17) is 5.73 Å². The van der Waals surface area contributed by atoms with Crippen LogP contribution in [-0.4, -0.2) is 22.9 Å². The van der Waals surface area contributed by atoms with Crippen LogP contribution in [0.5, 0.6) is 0 Å². The molecule has 1 saturated heterocycles. The topological polar surface area (TPSA) is 72.2 Å². The molecule has 1 heterocycles. The standard InChI is InChI=1S/C12H14N2O2S/c13-6-5-8-1-3-9(4-2-8)7-10-11(15)14-12(16)17-10/h1-4,10H,5-7,13H2,(H,14,15,16). The molecule has 0 aromatic heterocycles. The summed E-state index contributed by atoms with van der Waals surface area (Å²) in [5.74, 6) is -0.189. The van der Waals surface area contributed by atoms with Crippen molar-refractivity contribution in [1.29, 1.82) is 0 Å². The van der Waals surface area contributed by atoms with Gasteiger partial charge in [0.2, 0.25) is 5.91 Å². The lowest BCUT2D eigenvalue weighted by atomic mass is 10.1. The number of hydrogen-bond donors (Lipinski definition) is 2. The maximum atomic E-state index is 11.4. The minimum absolute atomic E-state index is 0.189. The zero-order chi connectivity index (χ0) is 12.3. The molecule has 4 nitrogen and oxygen atoms in total. The second kappa shape index (κ2) is 5.33. The smallest absolute Gasteiger partial charge is 0.286 e. The summed E-state index contributed by atoms with van der Waals surface area (Å²) in [5.41, 5.74) is 7.72. The Kier molecular flexibility index (Phi) is 3.81. The fraction of sp³-hybridized carbons (Fsp3) is 0.333. The molecule has 1 aromatic carbocycles. The molecule has 3 N–H and O–H groups in total. The normalized spacial score (nSPS) is 19.5. The highest BCUT2D eigenvalue weighted by Gasteiger charge is 2.31. The lowest BCUT2D eigenvalue weighted by molar-refractivity contribution is -0.118. The van der Waals surface area contributed by atoms with Gasteiger partial charge >= 0.3 is 0 Å². The first-order valence-electron chi connectivity index (χ1n) is 5.48. The Bertz CT molecular complexity index is 431. The molecule has 2 amide bonds. The molecule has 1 unspecified atom stereocenters. The van der Waals surface area contributed by atoms with Gasteiger partial charge < -0.3 is 5.73 Å². The number of thioether (sulfide) groups is 1. The third-order valence-electron chi connectivity index (χ3n) is 2.64. The van der Waals surface area contributed by atoms with E-state index in [1.807, 2.05) is 24.3 Å². The maximum Gasteiger partial charge on any atom is 0.286 e. The number of carbonyl (C=O) groups is 2. The highest BCUT2D eigenvalue weighted by molar-refractivity contribution is 8.15. The number of nitrogens with one attached hydrogen (secondary N) is 1. The van der Waals surface area contributed by atoms with Crippen LogP contribution in [-0.2, 0) is 17.6 Å². The van der Waals surface area contributed by atoms with Crippen molar-refractivity contribution in [2.75, 3.05) is 6.54 Å². The average molecular weight is 250 g/mol. The van der Waals surface area contributed by atoms with Crippen LogP contribution in [0, 0.1) is 0 Å². The van der Waals surface area contributed by atoms with Gasteiger partial charge in [0.05, 0.1) is 5.25 Å². The van der Waals surface area contributed by atoms with Gasteiger partial charge in [-0.3, -0.25) is 14.9 Å². The van der Waals surface area contributed by atoms with E-state index in [1.165, 1.54) is 5.56 Å². The second-order valence-electron chi connectivity index (χ2n) is 3.94. The van der Waals surface area contributed by atoms with Crippen molar-refractivity contribution < 1.29 is 9.59 Å². The number of rotatable bonds is 4. The Labute approximate surface area is 104 Å². The fourth-order valence-electron chi connectivity index (χ4n) is 1.75. The molecule has 1 aliphatic heterocycles. The van der Waals surface area contributed by atoms with Crippen LogP contribution >= 0.6 is 11.8 Å². The number of benzene rings is 1. The monoisotopic (exact) mass is 250 g/mol. The van der Waals surface area contributed by atoms with E-state index in [0.717, 1.165) is 23.7 Å². The Balaban J connectivity index is 1.99. The predicted molar refractivity (Wildman–Crippen MR) is 67.8 cm³/mol. The number of nitrogens with two attached hydrogens (primary N) is 1. The van der Waals surface area contributed by atoms with Crippen LogP contribution in [0.25, 0.3) is 0 Å². The van der Waals surface area contributed by atoms with Crippen LogP contribution in [0.1, 0.15) is 11.1 Å². The Hall–Kier alpha value is -1.33. The van der Waals surface area contributed by atoms with Crippen molar-refractivity contribution in [2.24, 2.45) is 5.73 Å². The van der Waals surface area contributed by atoms with E-state index in [9.17, 15) is 9.59 Å². The molecule has 2 rings (SSSR count). The number of amides is 2. The summed E-state index contributed by atoms with van der Waals surface area (Å²) in [6.45, 7) is 0.634. The van der Waals surface area contributed by atoms with Crippen LogP contribution in [0.4, 0.5) is 4.79 Å². The Morgan fingerprint density at radius 1 is 1.18 bits per heavy atom. The largest absolute Gasteiger partial charge is 0.330 e. The first kappa shape index (κ1) is 12.1. The van der Waals surface area contributed by atoms with E-state index in [1.54, 1.807) is 0 Å². The second-order valence-corrected chi connectivity index (χ2v) is 5.12. The van der Waals surface area contributed by atoms with Crippen LogP contribution < -0.4 is 11.1 Å². The molecule has 17 heavy (non-hydrogen) atoms. The van der Waals surface area contributed by atoms with Gasteiger partial charge in [-0.1, -0.05) is 36.0 Å². The van der Waals surface area contributed by atoms with Crippen molar-refractivity contribution in [1.82, 2.24) is 5.32 Å².